The number of carbonyl (C=O) groups excluding carboxylic acids is 1. The molecule has 0 amide bonds. The van der Waals surface area contributed by atoms with Crippen LogP contribution in [0.25, 0.3) is 0 Å². The maximum absolute atomic E-state index is 13.1. The number of rotatable bonds is 3. The Bertz CT molecular complexity index is 493. The molecular weight excluding hydrogens is 354 g/mol. The molecule has 0 saturated carbocycles. The average Bonchev–Trinajstić information content (AvgIpc) is 3.00. The van der Waals surface area contributed by atoms with E-state index in [1.54, 1.807) is 6.92 Å². The van der Waals surface area contributed by atoms with Crippen molar-refractivity contribution in [3.05, 3.63) is 0 Å². The lowest BCUT2D eigenvalue weighted by molar-refractivity contribution is -0.349. The van der Waals surface area contributed by atoms with E-state index in [1.165, 1.54) is 6.92 Å². The fraction of sp³-hybridized carbons (Fsp3) is 0.917. The maximum Gasteiger partial charge on any atom is 0.455 e. The molecule has 2 aliphatic rings. The van der Waals surface area contributed by atoms with Gasteiger partial charge >= 0.3 is 24.1 Å². The van der Waals surface area contributed by atoms with E-state index in [9.17, 15) is 31.1 Å². The van der Waals surface area contributed by atoms with Crippen molar-refractivity contribution < 1.29 is 54.8 Å². The summed E-state index contributed by atoms with van der Waals surface area (Å²) in [7, 11) is 0. The summed E-state index contributed by atoms with van der Waals surface area (Å²) in [4.78, 5) is 11.8. The van der Waals surface area contributed by atoms with Crippen LogP contribution >= 0.6 is 0 Å². The molecule has 4 atom stereocenters. The Morgan fingerprint density at radius 2 is 1.75 bits per heavy atom. The zero-order chi connectivity index (χ0) is 18.4. The maximum atomic E-state index is 13.1. The number of halogens is 6. The van der Waals surface area contributed by atoms with Gasteiger partial charge in [-0.2, -0.15) is 26.3 Å². The third-order valence-corrected chi connectivity index (χ3v) is 3.29. The summed E-state index contributed by atoms with van der Waals surface area (Å²) in [5.74, 6) is -7.81. The predicted molar refractivity (Wildman–Crippen MR) is 61.5 cm³/mol. The van der Waals surface area contributed by atoms with Gasteiger partial charge in [-0.05, 0) is 13.8 Å². The smallest absolute Gasteiger partial charge is 0.455 e. The first kappa shape index (κ1) is 19.2. The topological polar surface area (TPSA) is 63.2 Å². The number of esters is 1. The van der Waals surface area contributed by atoms with E-state index in [0.29, 0.717) is 0 Å². The van der Waals surface area contributed by atoms with Crippen molar-refractivity contribution in [1.82, 2.24) is 0 Å². The molecule has 0 aromatic rings. The molecule has 24 heavy (non-hydrogen) atoms. The Kier molecular flexibility index (Phi) is 4.81. The van der Waals surface area contributed by atoms with Gasteiger partial charge in [0.05, 0.1) is 19.3 Å². The van der Waals surface area contributed by atoms with Crippen LogP contribution in [0.1, 0.15) is 13.8 Å². The lowest BCUT2D eigenvalue weighted by Gasteiger charge is -2.29. The van der Waals surface area contributed by atoms with Gasteiger partial charge in [0.1, 0.15) is 6.61 Å². The lowest BCUT2D eigenvalue weighted by Crippen LogP contribution is -2.55. The summed E-state index contributed by atoms with van der Waals surface area (Å²) < 4.78 is 99.6. The van der Waals surface area contributed by atoms with Crippen LogP contribution in [-0.2, 0) is 28.5 Å². The molecule has 2 rings (SSSR count). The van der Waals surface area contributed by atoms with Crippen LogP contribution in [-0.4, -0.2) is 61.9 Å². The summed E-state index contributed by atoms with van der Waals surface area (Å²) in [6.45, 7) is 0.763. The number of ether oxygens (including phenoxy) is 5. The highest BCUT2D eigenvalue weighted by atomic mass is 19.4. The third-order valence-electron chi connectivity index (χ3n) is 3.29. The van der Waals surface area contributed by atoms with Crippen LogP contribution < -0.4 is 0 Å². The van der Waals surface area contributed by atoms with Crippen LogP contribution in [0.2, 0.25) is 0 Å². The zero-order valence-corrected chi connectivity index (χ0v) is 12.5. The van der Waals surface area contributed by atoms with E-state index in [4.69, 9.17) is 9.47 Å². The molecule has 0 aromatic carbocycles. The molecule has 140 valence electrons. The van der Waals surface area contributed by atoms with Crippen molar-refractivity contribution in [2.24, 2.45) is 0 Å². The fourth-order valence-corrected chi connectivity index (χ4v) is 2.15. The highest BCUT2D eigenvalue weighted by Crippen LogP contribution is 2.44. The van der Waals surface area contributed by atoms with Gasteiger partial charge in [-0.3, -0.25) is 0 Å². The minimum atomic E-state index is -5.57. The minimum Gasteiger partial charge on any atom is -0.456 e. The van der Waals surface area contributed by atoms with Gasteiger partial charge in [0.2, 0.25) is 0 Å². The summed E-state index contributed by atoms with van der Waals surface area (Å²) in [5, 5.41) is 0. The van der Waals surface area contributed by atoms with E-state index in [2.05, 4.69) is 14.2 Å². The summed E-state index contributed by atoms with van der Waals surface area (Å²) in [5.41, 5.74) is 0. The van der Waals surface area contributed by atoms with E-state index in [0.717, 1.165) is 0 Å². The van der Waals surface area contributed by atoms with Crippen LogP contribution in [0.3, 0.4) is 0 Å². The van der Waals surface area contributed by atoms with Crippen LogP contribution in [0, 0.1) is 0 Å². The van der Waals surface area contributed by atoms with Gasteiger partial charge in [-0.15, -0.1) is 0 Å². The molecule has 0 spiro atoms. The summed E-state index contributed by atoms with van der Waals surface area (Å²) >= 11 is 0. The molecule has 0 aliphatic carbocycles. The molecule has 2 saturated heterocycles. The van der Waals surface area contributed by atoms with Crippen molar-refractivity contribution in [3.63, 3.8) is 0 Å². The van der Waals surface area contributed by atoms with Gasteiger partial charge in [0.25, 0.3) is 0 Å². The van der Waals surface area contributed by atoms with Crippen molar-refractivity contribution in [2.75, 3.05) is 19.8 Å². The second kappa shape index (κ2) is 6.00. The minimum absolute atomic E-state index is 0.113. The standard InChI is InChI=1S/C12H14F6O6/c1-6-3-21-9(2,23-6)5-20-8(19)10(12(16,17)18)22-4-7(24-10)11(13,14)15/h6-7H,3-5H2,1-2H3. The number of carbonyl (C=O) groups is 1. The average molecular weight is 368 g/mol. The van der Waals surface area contributed by atoms with Crippen LogP contribution in [0.5, 0.6) is 0 Å². The van der Waals surface area contributed by atoms with Crippen molar-refractivity contribution in [1.29, 1.82) is 0 Å². The van der Waals surface area contributed by atoms with E-state index in [1.807, 2.05) is 0 Å². The van der Waals surface area contributed by atoms with Crippen LogP contribution in [0.15, 0.2) is 0 Å². The van der Waals surface area contributed by atoms with Crippen molar-refractivity contribution in [3.8, 4) is 0 Å². The molecule has 2 aliphatic heterocycles. The largest absolute Gasteiger partial charge is 0.456 e. The van der Waals surface area contributed by atoms with Crippen LogP contribution in [0.4, 0.5) is 26.3 Å². The Morgan fingerprint density at radius 3 is 2.17 bits per heavy atom. The van der Waals surface area contributed by atoms with Gasteiger partial charge in [-0.25, -0.2) is 4.79 Å². The molecule has 0 bridgehead atoms. The highest BCUT2D eigenvalue weighted by Gasteiger charge is 2.72. The third kappa shape index (κ3) is 3.60. The molecule has 0 radical (unpaired) electrons. The first-order chi connectivity index (χ1) is 10.8. The Morgan fingerprint density at radius 1 is 1.12 bits per heavy atom. The number of hydrogen-bond donors (Lipinski definition) is 0. The molecule has 2 heterocycles. The molecule has 6 nitrogen and oxygen atoms in total. The SMILES string of the molecule is CC1COC(C)(COC(=O)C2(C(F)(F)F)OCC(C(F)(F)F)O2)O1. The van der Waals surface area contributed by atoms with Gasteiger partial charge < -0.3 is 23.7 Å². The van der Waals surface area contributed by atoms with E-state index in [-0.39, 0.29) is 12.7 Å². The van der Waals surface area contributed by atoms with Gasteiger partial charge in [0.15, 0.2) is 11.9 Å². The molecule has 0 N–H and O–H groups in total. The number of hydrogen-bond acceptors (Lipinski definition) is 6. The molecule has 2 fully saturated rings. The Hall–Kier alpha value is -1.11. The van der Waals surface area contributed by atoms with Crippen molar-refractivity contribution in [2.45, 2.75) is 50.0 Å². The molecule has 12 heteroatoms. The quantitative estimate of drug-likeness (QED) is 0.560. The van der Waals surface area contributed by atoms with E-state index >= 15 is 0 Å². The van der Waals surface area contributed by atoms with Gasteiger partial charge in [0, 0.05) is 0 Å². The molecule has 0 aromatic heterocycles. The first-order valence-electron chi connectivity index (χ1n) is 6.73. The second-order valence-electron chi connectivity index (χ2n) is 5.52. The molecule has 4 unspecified atom stereocenters. The fourth-order valence-electron chi connectivity index (χ4n) is 2.15. The Balaban J connectivity index is 2.11. The van der Waals surface area contributed by atoms with Crippen molar-refractivity contribution >= 4 is 5.97 Å². The van der Waals surface area contributed by atoms with Gasteiger partial charge in [-0.1, -0.05) is 0 Å². The second-order valence-corrected chi connectivity index (χ2v) is 5.52. The predicted octanol–water partition coefficient (Wildman–Crippen LogP) is 1.92. The first-order valence-corrected chi connectivity index (χ1v) is 6.73. The highest BCUT2D eigenvalue weighted by molar-refractivity contribution is 5.79. The summed E-state index contributed by atoms with van der Waals surface area (Å²) in [6.07, 6.45) is -14.0. The Labute approximate surface area is 131 Å². The molecular formula is C12H14F6O6. The lowest BCUT2D eigenvalue weighted by atomic mass is 10.2. The number of alkyl halides is 6. The zero-order valence-electron chi connectivity index (χ0n) is 12.5. The monoisotopic (exact) mass is 368 g/mol. The summed E-state index contributed by atoms with van der Waals surface area (Å²) in [6, 6.07) is 0. The van der Waals surface area contributed by atoms with E-state index < -0.39 is 49.2 Å². The normalized spacial score (nSPS) is 37.7.